The number of amides is 1. The molecule has 0 saturated carbocycles. The molecule has 2 aromatic rings. The van der Waals surface area contributed by atoms with E-state index in [1.165, 1.54) is 6.08 Å². The second kappa shape index (κ2) is 9.75. The molecule has 7 nitrogen and oxygen atoms in total. The Morgan fingerprint density at radius 2 is 1.93 bits per heavy atom. The predicted molar refractivity (Wildman–Crippen MR) is 108 cm³/mol. The molecule has 1 aromatic carbocycles. The van der Waals surface area contributed by atoms with E-state index in [9.17, 15) is 4.79 Å². The van der Waals surface area contributed by atoms with Crippen LogP contribution in [0.4, 0.5) is 5.82 Å². The van der Waals surface area contributed by atoms with Crippen molar-refractivity contribution < 1.29 is 19.0 Å². The lowest BCUT2D eigenvalue weighted by Gasteiger charge is -2.29. The summed E-state index contributed by atoms with van der Waals surface area (Å²) in [5.41, 5.74) is 1.80. The number of hydrogen-bond donors (Lipinski definition) is 1. The number of methoxy groups -OCH3 is 2. The van der Waals surface area contributed by atoms with Gasteiger partial charge in [-0.3, -0.25) is 4.79 Å². The van der Waals surface area contributed by atoms with Gasteiger partial charge in [0.05, 0.1) is 27.4 Å². The van der Waals surface area contributed by atoms with Crippen molar-refractivity contribution >= 4 is 17.8 Å². The minimum atomic E-state index is -0.182. The predicted octanol–water partition coefficient (Wildman–Crippen LogP) is 2.27. The SMILES string of the molecule is COc1cc(C=CC(=O)NCc2cccnc2N2CCOCC2)cc(OC)c1. The second-order valence-electron chi connectivity index (χ2n) is 6.28. The third-order valence-corrected chi connectivity index (χ3v) is 4.43. The number of benzene rings is 1. The van der Waals surface area contributed by atoms with Crippen molar-refractivity contribution in [3.05, 3.63) is 53.7 Å². The van der Waals surface area contributed by atoms with Crippen LogP contribution in [0.5, 0.6) is 11.5 Å². The Labute approximate surface area is 164 Å². The Morgan fingerprint density at radius 3 is 2.61 bits per heavy atom. The van der Waals surface area contributed by atoms with Crippen molar-refractivity contribution in [2.45, 2.75) is 6.54 Å². The van der Waals surface area contributed by atoms with Gasteiger partial charge in [0.2, 0.25) is 5.91 Å². The average Bonchev–Trinajstić information content (AvgIpc) is 2.76. The van der Waals surface area contributed by atoms with E-state index in [0.717, 1.165) is 30.0 Å². The van der Waals surface area contributed by atoms with Gasteiger partial charge in [-0.15, -0.1) is 0 Å². The van der Waals surface area contributed by atoms with Crippen molar-refractivity contribution in [3.8, 4) is 11.5 Å². The van der Waals surface area contributed by atoms with Gasteiger partial charge in [0, 0.05) is 43.5 Å². The molecule has 1 fully saturated rings. The smallest absolute Gasteiger partial charge is 0.244 e. The number of ether oxygens (including phenoxy) is 3. The number of carbonyl (C=O) groups excluding carboxylic acids is 1. The summed E-state index contributed by atoms with van der Waals surface area (Å²) in [6.45, 7) is 3.39. The maximum Gasteiger partial charge on any atom is 0.244 e. The Hall–Kier alpha value is -3.06. The third-order valence-electron chi connectivity index (χ3n) is 4.43. The van der Waals surface area contributed by atoms with Crippen LogP contribution in [0.25, 0.3) is 6.08 Å². The quantitative estimate of drug-likeness (QED) is 0.740. The molecule has 1 aliphatic rings. The number of aromatic nitrogens is 1. The molecule has 1 amide bonds. The number of pyridine rings is 1. The van der Waals surface area contributed by atoms with Crippen molar-refractivity contribution in [1.29, 1.82) is 0 Å². The van der Waals surface area contributed by atoms with Crippen LogP contribution < -0.4 is 19.7 Å². The monoisotopic (exact) mass is 383 g/mol. The molecule has 3 rings (SSSR count). The molecule has 0 aliphatic carbocycles. The molecule has 1 saturated heterocycles. The highest BCUT2D eigenvalue weighted by Gasteiger charge is 2.15. The van der Waals surface area contributed by atoms with Gasteiger partial charge in [0.25, 0.3) is 0 Å². The summed E-state index contributed by atoms with van der Waals surface area (Å²) in [5.74, 6) is 2.06. The summed E-state index contributed by atoms with van der Waals surface area (Å²) in [7, 11) is 3.18. The lowest BCUT2D eigenvalue weighted by molar-refractivity contribution is -0.116. The highest BCUT2D eigenvalue weighted by atomic mass is 16.5. The van der Waals surface area contributed by atoms with Crippen molar-refractivity contribution in [2.24, 2.45) is 0 Å². The first-order valence-electron chi connectivity index (χ1n) is 9.15. The van der Waals surface area contributed by atoms with Gasteiger partial charge < -0.3 is 24.4 Å². The molecule has 1 aliphatic heterocycles. The van der Waals surface area contributed by atoms with E-state index >= 15 is 0 Å². The van der Waals surface area contributed by atoms with Crippen LogP contribution in [0.15, 0.2) is 42.6 Å². The zero-order valence-corrected chi connectivity index (χ0v) is 16.2. The maximum atomic E-state index is 12.3. The largest absolute Gasteiger partial charge is 0.497 e. The average molecular weight is 383 g/mol. The molecular weight excluding hydrogens is 358 g/mol. The first-order valence-corrected chi connectivity index (χ1v) is 9.15. The molecule has 1 N–H and O–H groups in total. The number of nitrogens with one attached hydrogen (secondary N) is 1. The highest BCUT2D eigenvalue weighted by molar-refractivity contribution is 5.91. The van der Waals surface area contributed by atoms with E-state index < -0.39 is 0 Å². The second-order valence-corrected chi connectivity index (χ2v) is 6.28. The molecule has 2 heterocycles. The fourth-order valence-corrected chi connectivity index (χ4v) is 2.97. The van der Waals surface area contributed by atoms with Crippen LogP contribution in [0.1, 0.15) is 11.1 Å². The van der Waals surface area contributed by atoms with Crippen LogP contribution in [0.2, 0.25) is 0 Å². The number of hydrogen-bond acceptors (Lipinski definition) is 6. The summed E-state index contributed by atoms with van der Waals surface area (Å²) in [6, 6.07) is 9.32. The summed E-state index contributed by atoms with van der Waals surface area (Å²) in [5, 5.41) is 2.92. The highest BCUT2D eigenvalue weighted by Crippen LogP contribution is 2.23. The van der Waals surface area contributed by atoms with Crippen molar-refractivity contribution in [3.63, 3.8) is 0 Å². The van der Waals surface area contributed by atoms with Gasteiger partial charge in [-0.1, -0.05) is 6.07 Å². The van der Waals surface area contributed by atoms with Crippen LogP contribution in [0, 0.1) is 0 Å². The van der Waals surface area contributed by atoms with Crippen LogP contribution in [0.3, 0.4) is 0 Å². The van der Waals surface area contributed by atoms with Crippen LogP contribution >= 0.6 is 0 Å². The van der Waals surface area contributed by atoms with E-state index in [1.807, 2.05) is 24.3 Å². The Balaban J connectivity index is 1.63. The van der Waals surface area contributed by atoms with Crippen LogP contribution in [-0.4, -0.2) is 51.4 Å². The van der Waals surface area contributed by atoms with Crippen molar-refractivity contribution in [1.82, 2.24) is 10.3 Å². The number of carbonyl (C=O) groups is 1. The van der Waals surface area contributed by atoms with Gasteiger partial charge in [-0.25, -0.2) is 4.98 Å². The first kappa shape index (κ1) is 19.7. The minimum Gasteiger partial charge on any atom is -0.497 e. The van der Waals surface area contributed by atoms with Crippen molar-refractivity contribution in [2.75, 3.05) is 45.4 Å². The molecule has 7 heteroatoms. The fraction of sp³-hybridized carbons (Fsp3) is 0.333. The van der Waals surface area contributed by atoms with Gasteiger partial charge in [0.1, 0.15) is 17.3 Å². The van der Waals surface area contributed by atoms with Gasteiger partial charge in [-0.05, 0) is 29.8 Å². The number of anilines is 1. The standard InChI is InChI=1S/C21H25N3O4/c1-26-18-12-16(13-19(14-18)27-2)5-6-20(25)23-15-17-4-3-7-22-21(17)24-8-10-28-11-9-24/h3-7,12-14H,8-11,15H2,1-2H3,(H,23,25). The molecule has 28 heavy (non-hydrogen) atoms. The summed E-state index contributed by atoms with van der Waals surface area (Å²) in [6.07, 6.45) is 5.00. The van der Waals surface area contributed by atoms with E-state index in [2.05, 4.69) is 15.2 Å². The van der Waals surface area contributed by atoms with Gasteiger partial charge in [0.15, 0.2) is 0 Å². The molecule has 0 bridgehead atoms. The lowest BCUT2D eigenvalue weighted by Crippen LogP contribution is -2.37. The van der Waals surface area contributed by atoms with E-state index in [0.29, 0.717) is 31.3 Å². The van der Waals surface area contributed by atoms with E-state index in [4.69, 9.17) is 14.2 Å². The Kier molecular flexibility index (Phi) is 6.86. The fourth-order valence-electron chi connectivity index (χ4n) is 2.97. The Bertz CT molecular complexity index is 810. The molecule has 0 radical (unpaired) electrons. The molecule has 0 unspecified atom stereocenters. The zero-order chi connectivity index (χ0) is 19.8. The maximum absolute atomic E-state index is 12.3. The molecule has 1 aromatic heterocycles. The zero-order valence-electron chi connectivity index (χ0n) is 16.2. The first-order chi connectivity index (χ1) is 13.7. The van der Waals surface area contributed by atoms with E-state index in [1.54, 1.807) is 32.6 Å². The molecule has 0 atom stereocenters. The summed E-state index contributed by atoms with van der Waals surface area (Å²) >= 11 is 0. The van der Waals surface area contributed by atoms with E-state index in [-0.39, 0.29) is 5.91 Å². The van der Waals surface area contributed by atoms with Gasteiger partial charge >= 0.3 is 0 Å². The Morgan fingerprint density at radius 1 is 1.21 bits per heavy atom. The number of nitrogens with zero attached hydrogens (tertiary/aromatic N) is 2. The summed E-state index contributed by atoms with van der Waals surface area (Å²) in [4.78, 5) is 18.9. The third kappa shape index (κ3) is 5.23. The lowest BCUT2D eigenvalue weighted by atomic mass is 10.2. The summed E-state index contributed by atoms with van der Waals surface area (Å²) < 4.78 is 15.9. The normalized spacial score (nSPS) is 14.1. The van der Waals surface area contributed by atoms with Gasteiger partial charge in [-0.2, -0.15) is 0 Å². The minimum absolute atomic E-state index is 0.182. The number of morpholine rings is 1. The molecular formula is C21H25N3O4. The molecule has 0 spiro atoms. The topological polar surface area (TPSA) is 72.9 Å². The number of rotatable bonds is 7. The van der Waals surface area contributed by atoms with Crippen LogP contribution in [-0.2, 0) is 16.1 Å². The molecule has 148 valence electrons.